The Morgan fingerprint density at radius 1 is 1.50 bits per heavy atom. The minimum atomic E-state index is 0.487. The van der Waals surface area contributed by atoms with E-state index < -0.39 is 0 Å². The normalized spacial score (nSPS) is 20.8. The summed E-state index contributed by atoms with van der Waals surface area (Å²) in [6.07, 6.45) is 4.95. The van der Waals surface area contributed by atoms with Gasteiger partial charge < -0.3 is 15.8 Å². The summed E-state index contributed by atoms with van der Waals surface area (Å²) < 4.78 is 5.18. The molecule has 1 rings (SSSR count). The van der Waals surface area contributed by atoms with Gasteiger partial charge in [-0.25, -0.2) is 0 Å². The topological polar surface area (TPSA) is 47.3 Å². The van der Waals surface area contributed by atoms with Crippen LogP contribution in [0.4, 0.5) is 0 Å². The van der Waals surface area contributed by atoms with Crippen LogP contribution in [0.2, 0.25) is 0 Å². The lowest BCUT2D eigenvalue weighted by atomic mass is 10.1. The minimum absolute atomic E-state index is 0.487. The standard InChI is InChI=1S/C11H24N2O/c1-11(5-6-11)9-13-10(8-14-2)4-3-7-12/h10,13H,3-9,12H2,1-2H3. The van der Waals surface area contributed by atoms with Gasteiger partial charge in [0.25, 0.3) is 0 Å². The van der Waals surface area contributed by atoms with Crippen LogP contribution >= 0.6 is 0 Å². The zero-order chi connectivity index (χ0) is 10.4. The van der Waals surface area contributed by atoms with Crippen molar-refractivity contribution >= 4 is 0 Å². The summed E-state index contributed by atoms with van der Waals surface area (Å²) in [6, 6.07) is 0.487. The van der Waals surface area contributed by atoms with E-state index in [0.29, 0.717) is 11.5 Å². The molecule has 0 aromatic rings. The van der Waals surface area contributed by atoms with Gasteiger partial charge in [0.05, 0.1) is 6.61 Å². The van der Waals surface area contributed by atoms with E-state index in [-0.39, 0.29) is 0 Å². The first-order valence-corrected chi connectivity index (χ1v) is 5.62. The number of nitrogens with one attached hydrogen (secondary N) is 1. The number of ether oxygens (including phenoxy) is 1. The van der Waals surface area contributed by atoms with E-state index in [1.54, 1.807) is 7.11 Å². The lowest BCUT2D eigenvalue weighted by Crippen LogP contribution is -2.37. The van der Waals surface area contributed by atoms with Crippen molar-refractivity contribution in [3.05, 3.63) is 0 Å². The van der Waals surface area contributed by atoms with Crippen LogP contribution in [0.15, 0.2) is 0 Å². The van der Waals surface area contributed by atoms with Crippen LogP contribution in [-0.2, 0) is 4.74 Å². The molecule has 0 amide bonds. The second-order valence-electron chi connectivity index (χ2n) is 4.77. The monoisotopic (exact) mass is 200 g/mol. The number of rotatable bonds is 8. The zero-order valence-electron chi connectivity index (χ0n) is 9.51. The second kappa shape index (κ2) is 5.69. The SMILES string of the molecule is COCC(CCCN)NCC1(C)CC1. The number of hydrogen-bond acceptors (Lipinski definition) is 3. The van der Waals surface area contributed by atoms with Crippen LogP contribution in [0.5, 0.6) is 0 Å². The van der Waals surface area contributed by atoms with Gasteiger partial charge in [-0.2, -0.15) is 0 Å². The molecule has 1 fully saturated rings. The Balaban J connectivity index is 2.13. The molecule has 0 saturated heterocycles. The maximum atomic E-state index is 5.50. The summed E-state index contributed by atoms with van der Waals surface area (Å²) in [4.78, 5) is 0. The van der Waals surface area contributed by atoms with Gasteiger partial charge in [0.15, 0.2) is 0 Å². The molecule has 0 aliphatic heterocycles. The largest absolute Gasteiger partial charge is 0.383 e. The van der Waals surface area contributed by atoms with Crippen LogP contribution < -0.4 is 11.1 Å². The van der Waals surface area contributed by atoms with E-state index >= 15 is 0 Å². The van der Waals surface area contributed by atoms with Crippen LogP contribution in [-0.4, -0.2) is 32.8 Å². The maximum Gasteiger partial charge on any atom is 0.0615 e. The Kier molecular flexibility index (Phi) is 4.85. The average Bonchev–Trinajstić information content (AvgIpc) is 2.90. The molecule has 84 valence electrons. The van der Waals surface area contributed by atoms with Gasteiger partial charge in [0.1, 0.15) is 0 Å². The smallest absolute Gasteiger partial charge is 0.0615 e. The van der Waals surface area contributed by atoms with E-state index in [0.717, 1.165) is 32.5 Å². The van der Waals surface area contributed by atoms with Crippen LogP contribution in [0.25, 0.3) is 0 Å². The molecule has 1 unspecified atom stereocenters. The van der Waals surface area contributed by atoms with Crippen molar-refractivity contribution in [2.45, 2.75) is 38.6 Å². The Labute approximate surface area is 87.4 Å². The number of hydrogen-bond donors (Lipinski definition) is 2. The fourth-order valence-electron chi connectivity index (χ4n) is 1.59. The molecule has 0 spiro atoms. The first-order valence-electron chi connectivity index (χ1n) is 5.62. The van der Waals surface area contributed by atoms with Crippen LogP contribution in [0.3, 0.4) is 0 Å². The van der Waals surface area contributed by atoms with E-state index in [4.69, 9.17) is 10.5 Å². The Morgan fingerprint density at radius 3 is 2.71 bits per heavy atom. The molecular weight excluding hydrogens is 176 g/mol. The quantitative estimate of drug-likeness (QED) is 0.617. The lowest BCUT2D eigenvalue weighted by Gasteiger charge is -2.20. The molecule has 14 heavy (non-hydrogen) atoms. The molecule has 1 saturated carbocycles. The highest BCUT2D eigenvalue weighted by atomic mass is 16.5. The molecular formula is C11H24N2O. The van der Waals surface area contributed by atoms with Crippen LogP contribution in [0, 0.1) is 5.41 Å². The third-order valence-electron chi connectivity index (χ3n) is 3.05. The second-order valence-corrected chi connectivity index (χ2v) is 4.77. The van der Waals surface area contributed by atoms with E-state index in [9.17, 15) is 0 Å². The predicted octanol–water partition coefficient (Wildman–Crippen LogP) is 1.13. The molecule has 3 nitrogen and oxygen atoms in total. The van der Waals surface area contributed by atoms with Gasteiger partial charge in [-0.05, 0) is 37.6 Å². The molecule has 1 aliphatic carbocycles. The predicted molar refractivity (Wildman–Crippen MR) is 59.3 cm³/mol. The molecule has 1 aliphatic rings. The van der Waals surface area contributed by atoms with Gasteiger partial charge in [-0.3, -0.25) is 0 Å². The van der Waals surface area contributed by atoms with Gasteiger partial charge in [0.2, 0.25) is 0 Å². The van der Waals surface area contributed by atoms with E-state index in [1.165, 1.54) is 12.8 Å². The van der Waals surface area contributed by atoms with E-state index in [1.807, 2.05) is 0 Å². The van der Waals surface area contributed by atoms with E-state index in [2.05, 4.69) is 12.2 Å². The Morgan fingerprint density at radius 2 is 2.21 bits per heavy atom. The molecule has 0 heterocycles. The molecule has 1 atom stereocenters. The Bertz CT molecular complexity index is 157. The van der Waals surface area contributed by atoms with Crippen molar-refractivity contribution in [1.82, 2.24) is 5.32 Å². The highest BCUT2D eigenvalue weighted by molar-refractivity contribution is 4.91. The summed E-state index contributed by atoms with van der Waals surface area (Å²) in [5.74, 6) is 0. The summed E-state index contributed by atoms with van der Waals surface area (Å²) in [5.41, 5.74) is 6.08. The molecule has 3 N–H and O–H groups in total. The summed E-state index contributed by atoms with van der Waals surface area (Å²) in [5, 5.41) is 3.58. The van der Waals surface area contributed by atoms with Crippen molar-refractivity contribution in [1.29, 1.82) is 0 Å². The summed E-state index contributed by atoms with van der Waals surface area (Å²) in [6.45, 7) is 5.05. The van der Waals surface area contributed by atoms with Gasteiger partial charge >= 0.3 is 0 Å². The highest BCUT2D eigenvalue weighted by Crippen LogP contribution is 2.44. The fourth-order valence-corrected chi connectivity index (χ4v) is 1.59. The van der Waals surface area contributed by atoms with Crippen molar-refractivity contribution < 1.29 is 4.74 Å². The zero-order valence-corrected chi connectivity index (χ0v) is 9.51. The van der Waals surface area contributed by atoms with Crippen LogP contribution in [0.1, 0.15) is 32.6 Å². The number of methoxy groups -OCH3 is 1. The lowest BCUT2D eigenvalue weighted by molar-refractivity contribution is 0.159. The minimum Gasteiger partial charge on any atom is -0.383 e. The number of nitrogens with two attached hydrogens (primary N) is 1. The maximum absolute atomic E-state index is 5.50. The molecule has 0 aromatic heterocycles. The highest BCUT2D eigenvalue weighted by Gasteiger charge is 2.37. The third kappa shape index (κ3) is 4.40. The van der Waals surface area contributed by atoms with Crippen molar-refractivity contribution in [2.24, 2.45) is 11.1 Å². The fraction of sp³-hybridized carbons (Fsp3) is 1.00. The third-order valence-corrected chi connectivity index (χ3v) is 3.05. The van der Waals surface area contributed by atoms with Crippen molar-refractivity contribution in [2.75, 3.05) is 26.8 Å². The molecule has 3 heteroatoms. The summed E-state index contributed by atoms with van der Waals surface area (Å²) in [7, 11) is 1.76. The molecule has 0 radical (unpaired) electrons. The van der Waals surface area contributed by atoms with Gasteiger partial charge in [-0.1, -0.05) is 6.92 Å². The molecule has 0 aromatic carbocycles. The first-order chi connectivity index (χ1) is 6.70. The molecule has 0 bridgehead atoms. The average molecular weight is 200 g/mol. The van der Waals surface area contributed by atoms with Gasteiger partial charge in [-0.15, -0.1) is 0 Å². The van der Waals surface area contributed by atoms with Crippen molar-refractivity contribution in [3.63, 3.8) is 0 Å². The van der Waals surface area contributed by atoms with Crippen molar-refractivity contribution in [3.8, 4) is 0 Å². The Hall–Kier alpha value is -0.120. The first kappa shape index (κ1) is 12.0. The van der Waals surface area contributed by atoms with Gasteiger partial charge in [0, 0.05) is 19.7 Å². The summed E-state index contributed by atoms with van der Waals surface area (Å²) >= 11 is 0.